The number of nitrogens with zero attached hydrogens (tertiary/aromatic N) is 1. The number of nitrogens with one attached hydrogen (secondary N) is 1. The number of H-pyrrole nitrogens is 1. The summed E-state index contributed by atoms with van der Waals surface area (Å²) >= 11 is 6.11. The van der Waals surface area contributed by atoms with Gasteiger partial charge in [0.15, 0.2) is 0 Å². The summed E-state index contributed by atoms with van der Waals surface area (Å²) in [5, 5.41) is 3.26. The highest BCUT2D eigenvalue weighted by atomic mass is 35.5. The molecule has 3 heteroatoms. The Bertz CT molecular complexity index is 1010. The number of benzene rings is 3. The number of aryl methyl sites for hydroxylation is 1. The lowest BCUT2D eigenvalue weighted by atomic mass is 10.0. The van der Waals surface area contributed by atoms with Crippen molar-refractivity contribution in [1.82, 2.24) is 9.97 Å². The molecule has 0 amide bonds. The Balaban J connectivity index is 1.72. The summed E-state index contributed by atoms with van der Waals surface area (Å²) in [4.78, 5) is 8.23. The lowest BCUT2D eigenvalue weighted by molar-refractivity contribution is 1.02. The highest BCUT2D eigenvalue weighted by Gasteiger charge is 2.11. The summed E-state index contributed by atoms with van der Waals surface area (Å²) in [7, 11) is 0. The van der Waals surface area contributed by atoms with Crippen LogP contribution in [-0.2, 0) is 6.42 Å². The van der Waals surface area contributed by atoms with Crippen LogP contribution in [0, 0.1) is 6.92 Å². The molecular weight excluding hydrogens is 316 g/mol. The van der Waals surface area contributed by atoms with Gasteiger partial charge in [0.05, 0.1) is 5.69 Å². The van der Waals surface area contributed by atoms with Crippen LogP contribution in [0.2, 0.25) is 5.02 Å². The van der Waals surface area contributed by atoms with Crippen molar-refractivity contribution in [2.45, 2.75) is 13.3 Å². The third-order valence-electron chi connectivity index (χ3n) is 4.27. The molecule has 4 aromatic rings. The molecule has 0 aliphatic heterocycles. The summed E-state index contributed by atoms with van der Waals surface area (Å²) in [5.41, 5.74) is 4.35. The van der Waals surface area contributed by atoms with Gasteiger partial charge in [0.25, 0.3) is 0 Å². The van der Waals surface area contributed by atoms with Gasteiger partial charge >= 0.3 is 0 Å². The number of rotatable bonds is 3. The smallest absolute Gasteiger partial charge is 0.111 e. The Labute approximate surface area is 146 Å². The molecule has 0 saturated carbocycles. The van der Waals surface area contributed by atoms with Crippen LogP contribution in [0.3, 0.4) is 0 Å². The lowest BCUT2D eigenvalue weighted by Gasteiger charge is -2.04. The molecule has 0 aliphatic rings. The average Bonchev–Trinajstić information content (AvgIpc) is 2.96. The van der Waals surface area contributed by atoms with E-state index in [-0.39, 0.29) is 0 Å². The van der Waals surface area contributed by atoms with E-state index < -0.39 is 0 Å². The van der Waals surface area contributed by atoms with E-state index in [0.717, 1.165) is 34.2 Å². The van der Waals surface area contributed by atoms with Crippen LogP contribution >= 0.6 is 11.6 Å². The fourth-order valence-electron chi connectivity index (χ4n) is 3.15. The number of imidazole rings is 1. The molecule has 4 rings (SSSR count). The molecule has 0 saturated heterocycles. The van der Waals surface area contributed by atoms with Gasteiger partial charge in [-0.2, -0.15) is 0 Å². The molecular formula is C21H17ClN2. The number of hydrogen-bond acceptors (Lipinski definition) is 1. The fourth-order valence-corrected chi connectivity index (χ4v) is 3.34. The normalized spacial score (nSPS) is 11.1. The van der Waals surface area contributed by atoms with Gasteiger partial charge in [0.1, 0.15) is 5.82 Å². The Morgan fingerprint density at radius 3 is 2.62 bits per heavy atom. The number of aromatic nitrogens is 2. The molecule has 0 spiro atoms. The monoisotopic (exact) mass is 332 g/mol. The fraction of sp³-hybridized carbons (Fsp3) is 0.0952. The van der Waals surface area contributed by atoms with Crippen LogP contribution in [0.4, 0.5) is 0 Å². The molecule has 3 aromatic carbocycles. The van der Waals surface area contributed by atoms with E-state index >= 15 is 0 Å². The van der Waals surface area contributed by atoms with Crippen molar-refractivity contribution in [3.63, 3.8) is 0 Å². The van der Waals surface area contributed by atoms with Crippen LogP contribution in [0.1, 0.15) is 17.1 Å². The van der Waals surface area contributed by atoms with Crippen LogP contribution in [0.15, 0.2) is 66.7 Å². The predicted octanol–water partition coefficient (Wildman–Crippen LogP) is 5.78. The first-order valence-electron chi connectivity index (χ1n) is 7.99. The largest absolute Gasteiger partial charge is 0.345 e. The third-order valence-corrected chi connectivity index (χ3v) is 4.50. The lowest BCUT2D eigenvalue weighted by Crippen LogP contribution is -1.92. The maximum absolute atomic E-state index is 6.11. The molecule has 118 valence electrons. The van der Waals surface area contributed by atoms with E-state index in [4.69, 9.17) is 16.6 Å². The van der Waals surface area contributed by atoms with E-state index in [1.165, 1.54) is 16.3 Å². The molecule has 0 unspecified atom stereocenters. The second kappa shape index (κ2) is 6.14. The first-order valence-corrected chi connectivity index (χ1v) is 8.36. The number of fused-ring (bicyclic) bond motifs is 1. The maximum atomic E-state index is 6.11. The topological polar surface area (TPSA) is 28.7 Å². The SMILES string of the molecule is Cc1[nH]c(Cc2cccc3ccccc23)nc1-c1cccc(Cl)c1. The van der Waals surface area contributed by atoms with Gasteiger partial charge in [-0.25, -0.2) is 4.98 Å². The van der Waals surface area contributed by atoms with Crippen molar-refractivity contribution in [3.05, 3.63) is 88.8 Å². The molecule has 1 aromatic heterocycles. The van der Waals surface area contributed by atoms with Gasteiger partial charge in [-0.3, -0.25) is 0 Å². The molecule has 2 nitrogen and oxygen atoms in total. The van der Waals surface area contributed by atoms with Gasteiger partial charge < -0.3 is 4.98 Å². The van der Waals surface area contributed by atoms with Crippen molar-refractivity contribution in [3.8, 4) is 11.3 Å². The van der Waals surface area contributed by atoms with Crippen LogP contribution in [0.5, 0.6) is 0 Å². The van der Waals surface area contributed by atoms with Crippen molar-refractivity contribution < 1.29 is 0 Å². The molecule has 24 heavy (non-hydrogen) atoms. The summed E-state index contributed by atoms with van der Waals surface area (Å²) in [6.45, 7) is 2.05. The summed E-state index contributed by atoms with van der Waals surface area (Å²) in [6, 6.07) is 22.7. The van der Waals surface area contributed by atoms with Gasteiger partial charge in [-0.15, -0.1) is 0 Å². The molecule has 0 fully saturated rings. The summed E-state index contributed by atoms with van der Waals surface area (Å²) in [5.74, 6) is 0.971. The van der Waals surface area contributed by atoms with Crippen molar-refractivity contribution in [2.24, 2.45) is 0 Å². The van der Waals surface area contributed by atoms with E-state index in [1.807, 2.05) is 24.3 Å². The van der Waals surface area contributed by atoms with Crippen LogP contribution < -0.4 is 0 Å². The zero-order valence-corrected chi connectivity index (χ0v) is 14.1. The molecule has 1 N–H and O–H groups in total. The quantitative estimate of drug-likeness (QED) is 0.506. The molecule has 0 aliphatic carbocycles. The molecule has 0 radical (unpaired) electrons. The minimum Gasteiger partial charge on any atom is -0.345 e. The third kappa shape index (κ3) is 2.81. The molecule has 1 heterocycles. The highest BCUT2D eigenvalue weighted by molar-refractivity contribution is 6.30. The number of hydrogen-bond donors (Lipinski definition) is 1. The van der Waals surface area contributed by atoms with E-state index in [0.29, 0.717) is 0 Å². The Hall–Kier alpha value is -2.58. The second-order valence-electron chi connectivity index (χ2n) is 5.98. The zero-order valence-electron chi connectivity index (χ0n) is 13.4. The summed E-state index contributed by atoms with van der Waals surface area (Å²) < 4.78 is 0. The highest BCUT2D eigenvalue weighted by Crippen LogP contribution is 2.26. The Morgan fingerprint density at radius 1 is 0.958 bits per heavy atom. The minimum atomic E-state index is 0.727. The van der Waals surface area contributed by atoms with E-state index in [9.17, 15) is 0 Å². The second-order valence-corrected chi connectivity index (χ2v) is 6.42. The molecule has 0 atom stereocenters. The molecule has 0 bridgehead atoms. The average molecular weight is 333 g/mol. The Morgan fingerprint density at radius 2 is 1.75 bits per heavy atom. The number of halogens is 1. The van der Waals surface area contributed by atoms with Crippen molar-refractivity contribution >= 4 is 22.4 Å². The minimum absolute atomic E-state index is 0.727. The Kier molecular flexibility index (Phi) is 3.83. The first kappa shape index (κ1) is 15.0. The van der Waals surface area contributed by atoms with Gasteiger partial charge in [-0.1, -0.05) is 66.2 Å². The van der Waals surface area contributed by atoms with E-state index in [1.54, 1.807) is 0 Å². The van der Waals surface area contributed by atoms with E-state index in [2.05, 4.69) is 54.4 Å². The van der Waals surface area contributed by atoms with Crippen LogP contribution in [0.25, 0.3) is 22.0 Å². The van der Waals surface area contributed by atoms with Gasteiger partial charge in [0.2, 0.25) is 0 Å². The standard InChI is InChI=1S/C21H17ClN2/c1-14-21(17-9-5-10-18(22)12-17)24-20(23-14)13-16-8-4-7-15-6-2-3-11-19(15)16/h2-12H,13H2,1H3,(H,23,24). The maximum Gasteiger partial charge on any atom is 0.111 e. The van der Waals surface area contributed by atoms with Crippen molar-refractivity contribution in [1.29, 1.82) is 0 Å². The van der Waals surface area contributed by atoms with Crippen LogP contribution in [-0.4, -0.2) is 9.97 Å². The van der Waals surface area contributed by atoms with Gasteiger partial charge in [0, 0.05) is 22.7 Å². The summed E-state index contributed by atoms with van der Waals surface area (Å²) in [6.07, 6.45) is 0.781. The zero-order chi connectivity index (χ0) is 16.5. The van der Waals surface area contributed by atoms with Crippen molar-refractivity contribution in [2.75, 3.05) is 0 Å². The number of aromatic amines is 1. The predicted molar refractivity (Wildman–Crippen MR) is 101 cm³/mol. The first-order chi connectivity index (χ1) is 11.7. The van der Waals surface area contributed by atoms with Gasteiger partial charge in [-0.05, 0) is 35.4 Å².